The molecule has 6 heteroatoms. The summed E-state index contributed by atoms with van der Waals surface area (Å²) in [6, 6.07) is -0.0279. The Morgan fingerprint density at radius 1 is 1.32 bits per heavy atom. The summed E-state index contributed by atoms with van der Waals surface area (Å²) in [5, 5.41) is 11.9. The number of hydrogen-bond acceptors (Lipinski definition) is 4. The molecule has 1 heterocycles. The summed E-state index contributed by atoms with van der Waals surface area (Å²) in [7, 11) is 0. The van der Waals surface area contributed by atoms with Crippen LogP contribution in [0.4, 0.5) is 0 Å². The van der Waals surface area contributed by atoms with Crippen molar-refractivity contribution in [3.8, 4) is 0 Å². The minimum atomic E-state index is -0.767. The molecule has 0 aromatic carbocycles. The van der Waals surface area contributed by atoms with E-state index in [0.717, 1.165) is 6.42 Å². The third-order valence-electron chi connectivity index (χ3n) is 4.44. The predicted molar refractivity (Wildman–Crippen MR) is 68.4 cm³/mol. The molecule has 2 atom stereocenters. The molecule has 0 aromatic heterocycles. The molecule has 19 heavy (non-hydrogen) atoms. The van der Waals surface area contributed by atoms with Crippen molar-refractivity contribution < 1.29 is 19.4 Å². The summed E-state index contributed by atoms with van der Waals surface area (Å²) in [5.41, 5.74) is 5.25. The van der Waals surface area contributed by atoms with Gasteiger partial charge in [0, 0.05) is 25.8 Å². The van der Waals surface area contributed by atoms with E-state index in [2.05, 4.69) is 5.32 Å². The average Bonchev–Trinajstić information content (AvgIpc) is 2.88. The first-order chi connectivity index (χ1) is 9.07. The van der Waals surface area contributed by atoms with Crippen molar-refractivity contribution in [3.63, 3.8) is 0 Å². The quantitative estimate of drug-likeness (QED) is 0.673. The van der Waals surface area contributed by atoms with E-state index in [-0.39, 0.29) is 17.9 Å². The van der Waals surface area contributed by atoms with Crippen LogP contribution in [-0.4, -0.2) is 42.8 Å². The van der Waals surface area contributed by atoms with Crippen LogP contribution < -0.4 is 11.1 Å². The van der Waals surface area contributed by atoms with Crippen LogP contribution in [0.15, 0.2) is 0 Å². The smallest absolute Gasteiger partial charge is 0.306 e. The number of carbonyl (C=O) groups is 2. The molecule has 1 saturated carbocycles. The predicted octanol–water partition coefficient (Wildman–Crippen LogP) is 0.111. The zero-order valence-electron chi connectivity index (χ0n) is 11.1. The minimum absolute atomic E-state index is 0.0279. The molecule has 108 valence electrons. The van der Waals surface area contributed by atoms with E-state index < -0.39 is 11.4 Å². The number of amides is 1. The van der Waals surface area contributed by atoms with Gasteiger partial charge < -0.3 is 20.9 Å². The van der Waals surface area contributed by atoms with Gasteiger partial charge in [0.05, 0.1) is 11.3 Å². The Morgan fingerprint density at radius 2 is 2.00 bits per heavy atom. The Kier molecular flexibility index (Phi) is 4.42. The molecular weight excluding hydrogens is 248 g/mol. The number of aliphatic carboxylic acids is 1. The van der Waals surface area contributed by atoms with Crippen LogP contribution in [0.1, 0.15) is 32.1 Å². The highest BCUT2D eigenvalue weighted by molar-refractivity contribution is 5.83. The second-order valence-corrected chi connectivity index (χ2v) is 5.62. The van der Waals surface area contributed by atoms with Gasteiger partial charge >= 0.3 is 5.97 Å². The number of nitrogens with one attached hydrogen (secondary N) is 1. The van der Waals surface area contributed by atoms with Crippen LogP contribution >= 0.6 is 0 Å². The Labute approximate surface area is 112 Å². The number of carboxylic acid groups (broad SMARTS) is 1. The maximum Gasteiger partial charge on any atom is 0.306 e. The van der Waals surface area contributed by atoms with Gasteiger partial charge in [-0.2, -0.15) is 0 Å². The second kappa shape index (κ2) is 5.88. The van der Waals surface area contributed by atoms with Crippen LogP contribution in [0, 0.1) is 11.3 Å². The molecule has 1 amide bonds. The van der Waals surface area contributed by atoms with Gasteiger partial charge in [-0.1, -0.05) is 0 Å². The fourth-order valence-electron chi connectivity index (χ4n) is 2.96. The Morgan fingerprint density at radius 3 is 2.53 bits per heavy atom. The van der Waals surface area contributed by atoms with Crippen molar-refractivity contribution in [1.82, 2.24) is 5.32 Å². The summed E-state index contributed by atoms with van der Waals surface area (Å²) in [6.45, 7) is 1.44. The van der Waals surface area contributed by atoms with E-state index in [9.17, 15) is 9.59 Å². The van der Waals surface area contributed by atoms with Crippen molar-refractivity contribution >= 4 is 11.9 Å². The normalized spacial score (nSPS) is 29.9. The van der Waals surface area contributed by atoms with Gasteiger partial charge in [-0.3, -0.25) is 9.59 Å². The maximum atomic E-state index is 12.4. The average molecular weight is 270 g/mol. The van der Waals surface area contributed by atoms with Crippen LogP contribution in [-0.2, 0) is 14.3 Å². The Hall–Kier alpha value is -1.14. The lowest BCUT2D eigenvalue weighted by Gasteiger charge is -2.35. The number of carboxylic acids is 1. The van der Waals surface area contributed by atoms with Gasteiger partial charge in [0.1, 0.15) is 0 Å². The lowest BCUT2D eigenvalue weighted by molar-refractivity contribution is -0.142. The van der Waals surface area contributed by atoms with E-state index in [1.165, 1.54) is 0 Å². The first-order valence-corrected chi connectivity index (χ1v) is 6.89. The molecule has 2 rings (SSSR count). The molecule has 0 bridgehead atoms. The van der Waals surface area contributed by atoms with Crippen molar-refractivity contribution in [2.45, 2.75) is 38.1 Å². The molecule has 0 aromatic rings. The van der Waals surface area contributed by atoms with E-state index in [1.807, 2.05) is 0 Å². The van der Waals surface area contributed by atoms with Crippen molar-refractivity contribution in [3.05, 3.63) is 0 Å². The van der Waals surface area contributed by atoms with Gasteiger partial charge in [0.25, 0.3) is 0 Å². The van der Waals surface area contributed by atoms with Crippen LogP contribution in [0.5, 0.6) is 0 Å². The molecular formula is C13H22N2O4. The zero-order chi connectivity index (χ0) is 13.9. The molecule has 2 unspecified atom stereocenters. The maximum absolute atomic E-state index is 12.4. The van der Waals surface area contributed by atoms with E-state index in [1.54, 1.807) is 0 Å². The first-order valence-electron chi connectivity index (χ1n) is 6.89. The number of hydrogen-bond donors (Lipinski definition) is 3. The fraction of sp³-hybridized carbons (Fsp3) is 0.846. The van der Waals surface area contributed by atoms with Crippen LogP contribution in [0.25, 0.3) is 0 Å². The highest BCUT2D eigenvalue weighted by atomic mass is 16.5. The SMILES string of the molecule is NCC1(C(=O)NC2CCC(C(=O)O)C2)CCOCC1. The summed E-state index contributed by atoms with van der Waals surface area (Å²) < 4.78 is 5.28. The third-order valence-corrected chi connectivity index (χ3v) is 4.44. The zero-order valence-corrected chi connectivity index (χ0v) is 11.1. The molecule has 1 saturated heterocycles. The molecule has 0 spiro atoms. The summed E-state index contributed by atoms with van der Waals surface area (Å²) >= 11 is 0. The Balaban J connectivity index is 1.91. The van der Waals surface area contributed by atoms with Crippen LogP contribution in [0.2, 0.25) is 0 Å². The molecule has 4 N–H and O–H groups in total. The van der Waals surface area contributed by atoms with Gasteiger partial charge in [0.15, 0.2) is 0 Å². The van der Waals surface area contributed by atoms with Gasteiger partial charge in [-0.15, -0.1) is 0 Å². The van der Waals surface area contributed by atoms with Crippen LogP contribution in [0.3, 0.4) is 0 Å². The molecule has 1 aliphatic carbocycles. The van der Waals surface area contributed by atoms with Gasteiger partial charge in [0.2, 0.25) is 5.91 Å². The summed E-state index contributed by atoms with van der Waals surface area (Å²) in [5.74, 6) is -1.13. The molecule has 6 nitrogen and oxygen atoms in total. The van der Waals surface area contributed by atoms with Crippen molar-refractivity contribution in [2.75, 3.05) is 19.8 Å². The van der Waals surface area contributed by atoms with Gasteiger partial charge in [-0.25, -0.2) is 0 Å². The second-order valence-electron chi connectivity index (χ2n) is 5.62. The number of nitrogens with two attached hydrogens (primary N) is 1. The van der Waals surface area contributed by atoms with Gasteiger partial charge in [-0.05, 0) is 32.1 Å². The van der Waals surface area contributed by atoms with E-state index in [4.69, 9.17) is 15.6 Å². The van der Waals surface area contributed by atoms with E-state index >= 15 is 0 Å². The number of rotatable bonds is 4. The highest BCUT2D eigenvalue weighted by Crippen LogP contribution is 2.31. The Bertz CT molecular complexity index is 353. The molecule has 0 radical (unpaired) electrons. The minimum Gasteiger partial charge on any atom is -0.481 e. The van der Waals surface area contributed by atoms with Crippen molar-refractivity contribution in [1.29, 1.82) is 0 Å². The largest absolute Gasteiger partial charge is 0.481 e. The molecule has 2 aliphatic rings. The lowest BCUT2D eigenvalue weighted by atomic mass is 9.79. The molecule has 1 aliphatic heterocycles. The summed E-state index contributed by atoms with van der Waals surface area (Å²) in [4.78, 5) is 23.3. The fourth-order valence-corrected chi connectivity index (χ4v) is 2.96. The summed E-state index contributed by atoms with van der Waals surface area (Å²) in [6.07, 6.45) is 3.19. The number of carbonyl (C=O) groups excluding carboxylic acids is 1. The molecule has 2 fully saturated rings. The standard InChI is InChI=1S/C13H22N2O4/c14-8-13(3-5-19-6-4-13)12(18)15-10-2-1-9(7-10)11(16)17/h9-10H,1-8,14H2,(H,15,18)(H,16,17). The van der Waals surface area contributed by atoms with E-state index in [0.29, 0.717) is 45.4 Å². The van der Waals surface area contributed by atoms with Crippen molar-refractivity contribution in [2.24, 2.45) is 17.1 Å². The monoisotopic (exact) mass is 270 g/mol. The lowest BCUT2D eigenvalue weighted by Crippen LogP contribution is -2.51. The number of ether oxygens (including phenoxy) is 1. The topological polar surface area (TPSA) is 102 Å². The third kappa shape index (κ3) is 3.06. The first kappa shape index (κ1) is 14.3. The highest BCUT2D eigenvalue weighted by Gasteiger charge is 2.40.